The van der Waals surface area contributed by atoms with Crippen molar-refractivity contribution >= 4 is 0 Å². The number of hydrogen-bond donors (Lipinski definition) is 2. The van der Waals surface area contributed by atoms with E-state index in [-0.39, 0.29) is 0 Å². The van der Waals surface area contributed by atoms with Crippen LogP contribution in [0.4, 0.5) is 0 Å². The van der Waals surface area contributed by atoms with E-state index in [9.17, 15) is 0 Å². The molecule has 1 saturated carbocycles. The second-order valence-electron chi connectivity index (χ2n) is 3.94. The lowest BCUT2D eigenvalue weighted by Gasteiger charge is -2.36. The van der Waals surface area contributed by atoms with Crippen molar-refractivity contribution in [2.75, 3.05) is 6.61 Å². The first kappa shape index (κ1) is 10.0. The minimum atomic E-state index is 0.300. The van der Waals surface area contributed by atoms with Crippen LogP contribution in [-0.4, -0.2) is 17.8 Å². The van der Waals surface area contributed by atoms with E-state index in [2.05, 4.69) is 6.92 Å². The third-order valence-electron chi connectivity index (χ3n) is 3.24. The summed E-state index contributed by atoms with van der Waals surface area (Å²) in [5.41, 5.74) is 6.00. The van der Waals surface area contributed by atoms with Crippen molar-refractivity contribution in [3.05, 3.63) is 0 Å². The highest BCUT2D eigenvalue weighted by molar-refractivity contribution is 4.83. The van der Waals surface area contributed by atoms with Gasteiger partial charge >= 0.3 is 0 Å². The van der Waals surface area contributed by atoms with E-state index in [1.165, 1.54) is 19.3 Å². The summed E-state index contributed by atoms with van der Waals surface area (Å²) >= 11 is 0. The zero-order chi connectivity index (χ0) is 8.97. The molecule has 72 valence electrons. The second kappa shape index (κ2) is 4.83. The highest BCUT2D eigenvalue weighted by Gasteiger charge is 2.30. The Morgan fingerprint density at radius 1 is 1.50 bits per heavy atom. The molecule has 1 aliphatic rings. The smallest absolute Gasteiger partial charge is 0.0434 e. The van der Waals surface area contributed by atoms with Gasteiger partial charge in [0.2, 0.25) is 0 Å². The van der Waals surface area contributed by atoms with Crippen molar-refractivity contribution in [1.29, 1.82) is 0 Å². The molecule has 1 fully saturated rings. The molecule has 2 heteroatoms. The fourth-order valence-electron chi connectivity index (χ4n) is 2.12. The van der Waals surface area contributed by atoms with Gasteiger partial charge in [0.05, 0.1) is 0 Å². The highest BCUT2D eigenvalue weighted by Crippen LogP contribution is 2.36. The molecule has 0 aromatic heterocycles. The molecule has 0 bridgehead atoms. The lowest BCUT2D eigenvalue weighted by molar-refractivity contribution is 0.136. The topological polar surface area (TPSA) is 46.2 Å². The minimum Gasteiger partial charge on any atom is -0.396 e. The second-order valence-corrected chi connectivity index (χ2v) is 3.94. The van der Waals surface area contributed by atoms with Crippen molar-refractivity contribution in [3.63, 3.8) is 0 Å². The largest absolute Gasteiger partial charge is 0.396 e. The lowest BCUT2D eigenvalue weighted by Crippen LogP contribution is -2.38. The van der Waals surface area contributed by atoms with Gasteiger partial charge in [0, 0.05) is 12.6 Å². The Labute approximate surface area is 75.2 Å². The molecule has 0 amide bonds. The Morgan fingerprint density at radius 3 is 2.50 bits per heavy atom. The third kappa shape index (κ3) is 2.20. The Morgan fingerprint density at radius 2 is 2.17 bits per heavy atom. The summed E-state index contributed by atoms with van der Waals surface area (Å²) in [7, 11) is 0. The van der Waals surface area contributed by atoms with Crippen LogP contribution in [-0.2, 0) is 0 Å². The Balaban J connectivity index is 2.35. The quantitative estimate of drug-likeness (QED) is 0.659. The maximum absolute atomic E-state index is 8.89. The molecule has 2 nitrogen and oxygen atoms in total. The molecule has 1 rings (SSSR count). The molecule has 0 heterocycles. The zero-order valence-electron chi connectivity index (χ0n) is 8.00. The van der Waals surface area contributed by atoms with Gasteiger partial charge in [-0.1, -0.05) is 26.2 Å². The first-order chi connectivity index (χ1) is 5.79. The van der Waals surface area contributed by atoms with Crippen LogP contribution in [0.5, 0.6) is 0 Å². The van der Waals surface area contributed by atoms with E-state index in [0.29, 0.717) is 18.6 Å². The van der Waals surface area contributed by atoms with E-state index < -0.39 is 0 Å². The highest BCUT2D eigenvalue weighted by atomic mass is 16.3. The van der Waals surface area contributed by atoms with E-state index in [1.807, 2.05) is 0 Å². The van der Waals surface area contributed by atoms with Gasteiger partial charge in [-0.25, -0.2) is 0 Å². The number of aliphatic hydroxyl groups is 1. The van der Waals surface area contributed by atoms with E-state index in [4.69, 9.17) is 10.8 Å². The maximum Gasteiger partial charge on any atom is 0.0434 e. The van der Waals surface area contributed by atoms with Crippen LogP contribution >= 0.6 is 0 Å². The first-order valence-corrected chi connectivity index (χ1v) is 5.16. The van der Waals surface area contributed by atoms with E-state index in [0.717, 1.165) is 18.8 Å². The van der Waals surface area contributed by atoms with Gasteiger partial charge in [-0.05, 0) is 24.7 Å². The standard InChI is InChI=1S/C10H21NO/c1-2-10(11)9(6-7-12)8-4-3-5-8/h8-10,12H,2-7,11H2,1H3. The van der Waals surface area contributed by atoms with E-state index in [1.54, 1.807) is 0 Å². The molecule has 12 heavy (non-hydrogen) atoms. The molecule has 3 N–H and O–H groups in total. The summed E-state index contributed by atoms with van der Waals surface area (Å²) in [6, 6.07) is 0.308. The van der Waals surface area contributed by atoms with Gasteiger partial charge in [0.1, 0.15) is 0 Å². The fraction of sp³-hybridized carbons (Fsp3) is 1.00. The molecule has 0 radical (unpaired) electrons. The molecule has 0 spiro atoms. The summed E-state index contributed by atoms with van der Waals surface area (Å²) in [5, 5.41) is 8.89. The average molecular weight is 171 g/mol. The van der Waals surface area contributed by atoms with Gasteiger partial charge in [0.25, 0.3) is 0 Å². The van der Waals surface area contributed by atoms with Crippen molar-refractivity contribution in [2.45, 2.75) is 45.1 Å². The molecule has 0 aromatic carbocycles. The molecular weight excluding hydrogens is 150 g/mol. The molecule has 2 unspecified atom stereocenters. The Kier molecular flexibility index (Phi) is 4.02. The summed E-state index contributed by atoms with van der Waals surface area (Å²) in [6.45, 7) is 2.43. The molecule has 0 saturated heterocycles. The van der Waals surface area contributed by atoms with Crippen molar-refractivity contribution < 1.29 is 5.11 Å². The minimum absolute atomic E-state index is 0.300. The predicted octanol–water partition coefficient (Wildman–Crippen LogP) is 1.52. The van der Waals surface area contributed by atoms with Gasteiger partial charge in [-0.3, -0.25) is 0 Å². The zero-order valence-corrected chi connectivity index (χ0v) is 8.00. The van der Waals surface area contributed by atoms with Crippen LogP contribution in [0, 0.1) is 11.8 Å². The summed E-state index contributed by atoms with van der Waals surface area (Å²) in [5.74, 6) is 1.39. The third-order valence-corrected chi connectivity index (χ3v) is 3.24. The van der Waals surface area contributed by atoms with Crippen LogP contribution in [0.2, 0.25) is 0 Å². The number of hydrogen-bond acceptors (Lipinski definition) is 2. The molecule has 2 atom stereocenters. The van der Waals surface area contributed by atoms with Crippen molar-refractivity contribution in [1.82, 2.24) is 0 Å². The summed E-state index contributed by atoms with van der Waals surface area (Å²) in [6.07, 6.45) is 5.97. The fourth-order valence-corrected chi connectivity index (χ4v) is 2.12. The maximum atomic E-state index is 8.89. The average Bonchev–Trinajstić information content (AvgIpc) is 1.99. The van der Waals surface area contributed by atoms with Crippen molar-refractivity contribution in [2.24, 2.45) is 17.6 Å². The van der Waals surface area contributed by atoms with Crippen LogP contribution in [0.15, 0.2) is 0 Å². The Hall–Kier alpha value is -0.0800. The van der Waals surface area contributed by atoms with Crippen LogP contribution < -0.4 is 5.73 Å². The number of aliphatic hydroxyl groups excluding tert-OH is 1. The predicted molar refractivity (Wildman–Crippen MR) is 50.8 cm³/mol. The molecule has 0 aliphatic heterocycles. The number of rotatable bonds is 5. The first-order valence-electron chi connectivity index (χ1n) is 5.16. The van der Waals surface area contributed by atoms with E-state index >= 15 is 0 Å². The van der Waals surface area contributed by atoms with Gasteiger partial charge in [-0.15, -0.1) is 0 Å². The van der Waals surface area contributed by atoms with Crippen LogP contribution in [0.3, 0.4) is 0 Å². The summed E-state index contributed by atoms with van der Waals surface area (Å²) in [4.78, 5) is 0. The van der Waals surface area contributed by atoms with Gasteiger partial charge < -0.3 is 10.8 Å². The molecule has 0 aromatic rings. The monoisotopic (exact) mass is 171 g/mol. The lowest BCUT2D eigenvalue weighted by atomic mass is 9.71. The van der Waals surface area contributed by atoms with Crippen LogP contribution in [0.25, 0.3) is 0 Å². The van der Waals surface area contributed by atoms with Crippen molar-refractivity contribution in [3.8, 4) is 0 Å². The summed E-state index contributed by atoms with van der Waals surface area (Å²) < 4.78 is 0. The molecule has 1 aliphatic carbocycles. The van der Waals surface area contributed by atoms with Crippen LogP contribution in [0.1, 0.15) is 39.0 Å². The van der Waals surface area contributed by atoms with Gasteiger partial charge in [0.15, 0.2) is 0 Å². The normalized spacial score (nSPS) is 23.2. The number of nitrogens with two attached hydrogens (primary N) is 1. The SMILES string of the molecule is CCC(N)C(CCO)C1CCC1. The Bertz CT molecular complexity index is 118. The molecular formula is C10H21NO. The van der Waals surface area contributed by atoms with Gasteiger partial charge in [-0.2, -0.15) is 0 Å².